The van der Waals surface area contributed by atoms with E-state index in [0.29, 0.717) is 0 Å². The summed E-state index contributed by atoms with van der Waals surface area (Å²) in [5.41, 5.74) is 4.59. The van der Waals surface area contributed by atoms with Crippen LogP contribution in [0.4, 0.5) is 0 Å². The zero-order chi connectivity index (χ0) is 21.7. The highest BCUT2D eigenvalue weighted by Gasteiger charge is 2.49. The number of hydrogen-bond acceptors (Lipinski definition) is 0. The fraction of sp³-hybridized carbons (Fsp3) is 0.200. The van der Waals surface area contributed by atoms with Crippen LogP contribution in [0.1, 0.15) is 37.5 Å². The van der Waals surface area contributed by atoms with Gasteiger partial charge in [0.25, 0.3) is 0 Å². The van der Waals surface area contributed by atoms with Gasteiger partial charge in [-0.2, -0.15) is 0 Å². The van der Waals surface area contributed by atoms with Crippen LogP contribution < -0.4 is 21.2 Å². The average molecular weight is 424 g/mol. The van der Waals surface area contributed by atoms with E-state index in [9.17, 15) is 0 Å². The molecule has 0 amide bonds. The van der Waals surface area contributed by atoms with E-state index in [2.05, 4.69) is 124 Å². The molecule has 0 N–H and O–H groups in total. The zero-order valence-electron chi connectivity index (χ0n) is 18.9. The summed E-state index contributed by atoms with van der Waals surface area (Å²) in [4.78, 5) is 0. The largest absolute Gasteiger partial charge is 0.144 e. The van der Waals surface area contributed by atoms with Crippen LogP contribution in [0.2, 0.25) is 0 Å². The van der Waals surface area contributed by atoms with Gasteiger partial charge in [0.05, 0.1) is 0 Å². The first-order valence-corrected chi connectivity index (χ1v) is 13.3. The van der Waals surface area contributed by atoms with E-state index >= 15 is 0 Å². The molecule has 156 valence electrons. The van der Waals surface area contributed by atoms with Crippen molar-refractivity contribution >= 4 is 28.5 Å². The first kappa shape index (κ1) is 21.5. The lowest BCUT2D eigenvalue weighted by atomic mass is 9.96. The first-order chi connectivity index (χ1) is 15.3. The number of rotatable bonds is 7. The molecule has 0 nitrogen and oxygen atoms in total. The van der Waals surface area contributed by atoms with Gasteiger partial charge in [-0.05, 0) is 78.4 Å². The van der Waals surface area contributed by atoms with E-state index in [4.69, 9.17) is 0 Å². The molecule has 0 aliphatic heterocycles. The molecule has 4 aromatic carbocycles. The van der Waals surface area contributed by atoms with Gasteiger partial charge in [-0.25, -0.2) is 0 Å². The minimum absolute atomic E-state index is 1.06. The molecule has 0 atom stereocenters. The zero-order valence-corrected chi connectivity index (χ0v) is 19.8. The third-order valence-electron chi connectivity index (χ3n) is 6.38. The second-order valence-corrected chi connectivity index (χ2v) is 11.3. The standard InChI is InChI=1S/C30H32P/c1-4-24-22-23-30(29(6-3)28(24)5-2)31(25-16-10-7-11-17-25,26-18-12-8-13-19-26)27-20-14-9-15-21-27/h7-23H,4-6H2,1-3H3/q+1. The number of benzene rings is 4. The normalized spacial score (nSPS) is 11.5. The Hall–Kier alpha value is -2.69. The van der Waals surface area contributed by atoms with E-state index in [0.717, 1.165) is 19.3 Å². The maximum absolute atomic E-state index is 2.46. The molecule has 0 aromatic heterocycles. The van der Waals surface area contributed by atoms with Gasteiger partial charge >= 0.3 is 0 Å². The Bertz CT molecular complexity index is 1020. The molecule has 0 fully saturated rings. The summed E-state index contributed by atoms with van der Waals surface area (Å²) in [6.07, 6.45) is 3.23. The van der Waals surface area contributed by atoms with E-state index in [1.165, 1.54) is 26.8 Å². The molecular formula is C30H32P+. The molecule has 0 bridgehead atoms. The van der Waals surface area contributed by atoms with Crippen LogP contribution in [0.25, 0.3) is 0 Å². The summed E-state index contributed by atoms with van der Waals surface area (Å²) in [7, 11) is -2.03. The molecule has 31 heavy (non-hydrogen) atoms. The molecule has 0 saturated carbocycles. The molecule has 0 radical (unpaired) electrons. The second-order valence-electron chi connectivity index (χ2n) is 7.94. The van der Waals surface area contributed by atoms with Crippen LogP contribution in [0.5, 0.6) is 0 Å². The van der Waals surface area contributed by atoms with Crippen LogP contribution in [0.15, 0.2) is 103 Å². The Morgan fingerprint density at radius 1 is 0.452 bits per heavy atom. The van der Waals surface area contributed by atoms with Crippen molar-refractivity contribution in [1.29, 1.82) is 0 Å². The van der Waals surface area contributed by atoms with E-state index in [1.807, 2.05) is 0 Å². The van der Waals surface area contributed by atoms with Gasteiger partial charge in [0.15, 0.2) is 0 Å². The lowest BCUT2D eigenvalue weighted by molar-refractivity contribution is 0.988. The van der Waals surface area contributed by atoms with Crippen LogP contribution in [-0.4, -0.2) is 0 Å². The molecule has 1 heteroatoms. The Morgan fingerprint density at radius 2 is 0.871 bits per heavy atom. The SMILES string of the molecule is CCc1ccc([P+](c2ccccc2)(c2ccccc2)c2ccccc2)c(CC)c1CC. The highest BCUT2D eigenvalue weighted by Crippen LogP contribution is 2.55. The van der Waals surface area contributed by atoms with E-state index < -0.39 is 7.26 Å². The molecule has 4 aromatic rings. The van der Waals surface area contributed by atoms with Crippen molar-refractivity contribution in [3.63, 3.8) is 0 Å². The molecule has 0 aliphatic rings. The maximum atomic E-state index is 2.46. The van der Waals surface area contributed by atoms with Crippen molar-refractivity contribution in [3.05, 3.63) is 120 Å². The lowest BCUT2D eigenvalue weighted by Crippen LogP contribution is -2.40. The minimum atomic E-state index is -2.03. The molecule has 0 unspecified atom stereocenters. The summed E-state index contributed by atoms with van der Waals surface area (Å²) < 4.78 is 0. The van der Waals surface area contributed by atoms with Crippen molar-refractivity contribution in [2.45, 2.75) is 40.0 Å². The summed E-state index contributed by atoms with van der Waals surface area (Å²) in [5.74, 6) is 0. The van der Waals surface area contributed by atoms with Crippen molar-refractivity contribution in [2.24, 2.45) is 0 Å². The fourth-order valence-corrected chi connectivity index (χ4v) is 9.61. The predicted molar refractivity (Wildman–Crippen MR) is 139 cm³/mol. The second kappa shape index (κ2) is 9.63. The Balaban J connectivity index is 2.20. The summed E-state index contributed by atoms with van der Waals surface area (Å²) in [6, 6.07) is 38.5. The molecule has 0 heterocycles. The van der Waals surface area contributed by atoms with Crippen molar-refractivity contribution < 1.29 is 0 Å². The quantitative estimate of drug-likeness (QED) is 0.320. The van der Waals surface area contributed by atoms with Gasteiger partial charge in [0.1, 0.15) is 28.5 Å². The van der Waals surface area contributed by atoms with Crippen molar-refractivity contribution in [2.75, 3.05) is 0 Å². The molecule has 4 rings (SSSR count). The lowest BCUT2D eigenvalue weighted by Gasteiger charge is -2.30. The minimum Gasteiger partial charge on any atom is -0.0620 e. The number of hydrogen-bond donors (Lipinski definition) is 0. The highest BCUT2D eigenvalue weighted by molar-refractivity contribution is 8.01. The van der Waals surface area contributed by atoms with Crippen LogP contribution in [0, 0.1) is 0 Å². The van der Waals surface area contributed by atoms with Crippen LogP contribution >= 0.6 is 7.26 Å². The smallest absolute Gasteiger partial charge is 0.0620 e. The van der Waals surface area contributed by atoms with Gasteiger partial charge in [-0.3, -0.25) is 0 Å². The Labute approximate surface area is 188 Å². The molecule has 0 spiro atoms. The topological polar surface area (TPSA) is 0 Å². The predicted octanol–water partition coefficient (Wildman–Crippen LogP) is 5.99. The van der Waals surface area contributed by atoms with Crippen LogP contribution in [-0.2, 0) is 19.3 Å². The van der Waals surface area contributed by atoms with Gasteiger partial charge in [-0.1, -0.05) is 81.4 Å². The molecule has 0 aliphatic carbocycles. The molecular weight excluding hydrogens is 391 g/mol. The Morgan fingerprint density at radius 3 is 1.23 bits per heavy atom. The average Bonchev–Trinajstić information content (AvgIpc) is 2.86. The highest BCUT2D eigenvalue weighted by atomic mass is 31.2. The van der Waals surface area contributed by atoms with Gasteiger partial charge in [0.2, 0.25) is 0 Å². The first-order valence-electron chi connectivity index (χ1n) is 11.5. The van der Waals surface area contributed by atoms with Gasteiger partial charge in [-0.15, -0.1) is 0 Å². The van der Waals surface area contributed by atoms with E-state index in [1.54, 1.807) is 11.1 Å². The Kier molecular flexibility index (Phi) is 6.69. The van der Waals surface area contributed by atoms with Gasteiger partial charge in [0, 0.05) is 0 Å². The summed E-state index contributed by atoms with van der Waals surface area (Å²) in [6.45, 7) is 6.92. The fourth-order valence-electron chi connectivity index (χ4n) is 5.03. The van der Waals surface area contributed by atoms with Crippen molar-refractivity contribution in [3.8, 4) is 0 Å². The molecule has 0 saturated heterocycles. The van der Waals surface area contributed by atoms with E-state index in [-0.39, 0.29) is 0 Å². The summed E-state index contributed by atoms with van der Waals surface area (Å²) in [5, 5.41) is 5.79. The monoisotopic (exact) mass is 423 g/mol. The number of aryl methyl sites for hydroxylation is 1. The summed E-state index contributed by atoms with van der Waals surface area (Å²) >= 11 is 0. The third kappa shape index (κ3) is 3.75. The maximum Gasteiger partial charge on any atom is 0.144 e. The van der Waals surface area contributed by atoms with Crippen LogP contribution in [0.3, 0.4) is 0 Å². The van der Waals surface area contributed by atoms with Crippen molar-refractivity contribution in [1.82, 2.24) is 0 Å². The van der Waals surface area contributed by atoms with Gasteiger partial charge < -0.3 is 0 Å². The third-order valence-corrected chi connectivity index (χ3v) is 10.7.